The Hall–Kier alpha value is -2.92. The average Bonchev–Trinajstić information content (AvgIpc) is 2.62. The molecule has 0 aliphatic carbocycles. The van der Waals surface area contributed by atoms with Gasteiger partial charge in [-0.15, -0.1) is 0 Å². The van der Waals surface area contributed by atoms with Crippen LogP contribution in [-0.2, 0) is 9.53 Å². The van der Waals surface area contributed by atoms with Crippen LogP contribution < -0.4 is 5.32 Å². The minimum Gasteiger partial charge on any atom is -0.452 e. The maximum Gasteiger partial charge on any atom is 0.340 e. The number of aryl methyl sites for hydroxylation is 3. The number of pyridine rings is 1. The Morgan fingerprint density at radius 3 is 2.56 bits per heavy atom. The fraction of sp³-hybridized carbons (Fsp3) is 0.190. The van der Waals surface area contributed by atoms with Gasteiger partial charge >= 0.3 is 5.97 Å². The highest BCUT2D eigenvalue weighted by Gasteiger charge is 2.15. The molecule has 0 bridgehead atoms. The number of hydrogen-bond donors (Lipinski definition) is 1. The van der Waals surface area contributed by atoms with Crippen LogP contribution in [0.5, 0.6) is 0 Å². The molecule has 0 saturated heterocycles. The van der Waals surface area contributed by atoms with E-state index in [0.29, 0.717) is 22.0 Å². The lowest BCUT2D eigenvalue weighted by atomic mass is 10.1. The Balaban J connectivity index is 1.68. The Labute approximate surface area is 162 Å². The number of rotatable bonds is 4. The van der Waals surface area contributed by atoms with Gasteiger partial charge in [-0.3, -0.25) is 9.78 Å². The molecule has 0 radical (unpaired) electrons. The third-order valence-corrected chi connectivity index (χ3v) is 4.55. The van der Waals surface area contributed by atoms with Gasteiger partial charge < -0.3 is 10.1 Å². The van der Waals surface area contributed by atoms with Crippen LogP contribution in [0.4, 0.5) is 5.69 Å². The van der Waals surface area contributed by atoms with Crippen molar-refractivity contribution in [1.29, 1.82) is 0 Å². The number of hydrogen-bond acceptors (Lipinski definition) is 4. The molecule has 0 aliphatic rings. The smallest absolute Gasteiger partial charge is 0.340 e. The lowest BCUT2D eigenvalue weighted by Crippen LogP contribution is -2.21. The highest BCUT2D eigenvalue weighted by molar-refractivity contribution is 6.31. The third-order valence-electron chi connectivity index (χ3n) is 4.31. The number of nitrogens with zero attached hydrogens (tertiary/aromatic N) is 1. The van der Waals surface area contributed by atoms with Gasteiger partial charge in [0.15, 0.2) is 6.61 Å². The predicted octanol–water partition coefficient (Wildman–Crippen LogP) is 4.61. The first-order chi connectivity index (χ1) is 12.8. The standard InChI is InChI=1S/C21H19ClN2O3/c1-12-4-6-17(8-13(12)2)24-20(25)11-27-21(26)18-10-15-9-16(22)5-7-19(15)23-14(18)3/h4-10H,11H2,1-3H3,(H,24,25). The van der Waals surface area contributed by atoms with E-state index in [1.165, 1.54) is 0 Å². The van der Waals surface area contributed by atoms with Crippen molar-refractivity contribution in [3.8, 4) is 0 Å². The second-order valence-corrected chi connectivity index (χ2v) is 6.82. The molecule has 5 nitrogen and oxygen atoms in total. The summed E-state index contributed by atoms with van der Waals surface area (Å²) < 4.78 is 5.15. The van der Waals surface area contributed by atoms with Crippen molar-refractivity contribution < 1.29 is 14.3 Å². The Morgan fingerprint density at radius 1 is 1.04 bits per heavy atom. The molecule has 3 rings (SSSR count). The van der Waals surface area contributed by atoms with Crippen molar-refractivity contribution in [2.45, 2.75) is 20.8 Å². The molecule has 0 unspecified atom stereocenters. The van der Waals surface area contributed by atoms with Crippen LogP contribution in [0.2, 0.25) is 5.02 Å². The van der Waals surface area contributed by atoms with Crippen LogP contribution in [0.3, 0.4) is 0 Å². The summed E-state index contributed by atoms with van der Waals surface area (Å²) in [5, 5.41) is 4.01. The normalized spacial score (nSPS) is 10.7. The Morgan fingerprint density at radius 2 is 1.81 bits per heavy atom. The second kappa shape index (κ2) is 7.76. The third kappa shape index (κ3) is 4.44. The fourth-order valence-corrected chi connectivity index (χ4v) is 2.86. The number of esters is 1. The Bertz CT molecular complexity index is 1050. The molecule has 0 atom stereocenters. The van der Waals surface area contributed by atoms with E-state index in [0.717, 1.165) is 22.0 Å². The van der Waals surface area contributed by atoms with Crippen LogP contribution in [0, 0.1) is 20.8 Å². The molecular formula is C21H19ClN2O3. The molecule has 0 spiro atoms. The van der Waals surface area contributed by atoms with Crippen molar-refractivity contribution in [2.75, 3.05) is 11.9 Å². The predicted molar refractivity (Wildman–Crippen MR) is 106 cm³/mol. The van der Waals surface area contributed by atoms with E-state index < -0.39 is 11.9 Å². The van der Waals surface area contributed by atoms with Crippen LogP contribution in [-0.4, -0.2) is 23.5 Å². The van der Waals surface area contributed by atoms with E-state index in [2.05, 4.69) is 10.3 Å². The summed E-state index contributed by atoms with van der Waals surface area (Å²) in [5.41, 5.74) is 4.45. The van der Waals surface area contributed by atoms with Crippen molar-refractivity contribution in [3.63, 3.8) is 0 Å². The number of carbonyl (C=O) groups excluding carboxylic acids is 2. The number of nitrogens with one attached hydrogen (secondary N) is 1. The molecule has 1 heterocycles. The number of halogens is 1. The largest absolute Gasteiger partial charge is 0.452 e. The van der Waals surface area contributed by atoms with Crippen molar-refractivity contribution >= 4 is 40.1 Å². The van der Waals surface area contributed by atoms with E-state index >= 15 is 0 Å². The summed E-state index contributed by atoms with van der Waals surface area (Å²) in [6.45, 7) is 5.31. The van der Waals surface area contributed by atoms with Gasteiger partial charge in [0.25, 0.3) is 5.91 Å². The molecule has 0 saturated carbocycles. The summed E-state index contributed by atoms with van der Waals surface area (Å²) in [6, 6.07) is 12.5. The molecule has 138 valence electrons. The fourth-order valence-electron chi connectivity index (χ4n) is 2.68. The number of fused-ring (bicyclic) bond motifs is 1. The lowest BCUT2D eigenvalue weighted by Gasteiger charge is -2.10. The van der Waals surface area contributed by atoms with Gasteiger partial charge in [0.05, 0.1) is 16.8 Å². The Kier molecular flexibility index (Phi) is 5.42. The van der Waals surface area contributed by atoms with Crippen LogP contribution in [0.15, 0.2) is 42.5 Å². The van der Waals surface area contributed by atoms with E-state index in [-0.39, 0.29) is 6.61 Å². The molecule has 27 heavy (non-hydrogen) atoms. The van der Waals surface area contributed by atoms with Crippen molar-refractivity contribution in [2.24, 2.45) is 0 Å². The highest BCUT2D eigenvalue weighted by Crippen LogP contribution is 2.21. The van der Waals surface area contributed by atoms with Gasteiger partial charge in [-0.1, -0.05) is 17.7 Å². The van der Waals surface area contributed by atoms with Gasteiger partial charge in [0.1, 0.15) is 0 Å². The molecule has 0 aliphatic heterocycles. The van der Waals surface area contributed by atoms with Gasteiger partial charge in [-0.2, -0.15) is 0 Å². The zero-order valence-electron chi connectivity index (χ0n) is 15.3. The van der Waals surface area contributed by atoms with E-state index in [1.54, 1.807) is 31.2 Å². The maximum absolute atomic E-state index is 12.4. The first-order valence-corrected chi connectivity index (χ1v) is 8.82. The SMILES string of the molecule is Cc1ccc(NC(=O)COC(=O)c2cc3cc(Cl)ccc3nc2C)cc1C. The molecule has 1 aromatic heterocycles. The van der Waals surface area contributed by atoms with Crippen molar-refractivity contribution in [3.05, 3.63) is 69.9 Å². The van der Waals surface area contributed by atoms with Gasteiger partial charge in [-0.25, -0.2) is 4.79 Å². The highest BCUT2D eigenvalue weighted by atomic mass is 35.5. The zero-order chi connectivity index (χ0) is 19.6. The molecule has 2 aromatic carbocycles. The minimum absolute atomic E-state index is 0.309. The maximum atomic E-state index is 12.4. The minimum atomic E-state index is -0.600. The van der Waals surface area contributed by atoms with Crippen LogP contribution in [0.1, 0.15) is 27.2 Å². The number of aromatic nitrogens is 1. The number of benzene rings is 2. The van der Waals surface area contributed by atoms with E-state index in [4.69, 9.17) is 16.3 Å². The van der Waals surface area contributed by atoms with Gasteiger partial charge in [-0.05, 0) is 68.3 Å². The molecule has 6 heteroatoms. The van der Waals surface area contributed by atoms with Crippen LogP contribution >= 0.6 is 11.6 Å². The first kappa shape index (κ1) is 18.9. The number of amides is 1. The topological polar surface area (TPSA) is 68.3 Å². The molecule has 3 aromatic rings. The zero-order valence-corrected chi connectivity index (χ0v) is 16.1. The quantitative estimate of drug-likeness (QED) is 0.669. The van der Waals surface area contributed by atoms with Crippen LogP contribution in [0.25, 0.3) is 10.9 Å². The summed E-state index contributed by atoms with van der Waals surface area (Å²) in [7, 11) is 0. The number of ether oxygens (including phenoxy) is 1. The number of carbonyl (C=O) groups is 2. The summed E-state index contributed by atoms with van der Waals surface area (Å²) in [6.07, 6.45) is 0. The van der Waals surface area contributed by atoms with E-state index in [9.17, 15) is 9.59 Å². The molecule has 1 amide bonds. The molecule has 1 N–H and O–H groups in total. The average molecular weight is 383 g/mol. The van der Waals surface area contributed by atoms with Gasteiger partial charge in [0, 0.05) is 16.1 Å². The molecule has 0 fully saturated rings. The monoisotopic (exact) mass is 382 g/mol. The molecular weight excluding hydrogens is 364 g/mol. The number of anilines is 1. The lowest BCUT2D eigenvalue weighted by molar-refractivity contribution is -0.119. The summed E-state index contributed by atoms with van der Waals surface area (Å²) in [5.74, 6) is -1.00. The van der Waals surface area contributed by atoms with Gasteiger partial charge in [0.2, 0.25) is 0 Å². The van der Waals surface area contributed by atoms with E-state index in [1.807, 2.05) is 32.0 Å². The van der Waals surface area contributed by atoms with Crippen molar-refractivity contribution in [1.82, 2.24) is 4.98 Å². The summed E-state index contributed by atoms with van der Waals surface area (Å²) >= 11 is 5.99. The summed E-state index contributed by atoms with van der Waals surface area (Å²) in [4.78, 5) is 28.8. The first-order valence-electron chi connectivity index (χ1n) is 8.44. The second-order valence-electron chi connectivity index (χ2n) is 6.38.